The molecule has 1 amide bonds. The fraction of sp³-hybridized carbons (Fsp3) is 0.435. The van der Waals surface area contributed by atoms with Gasteiger partial charge in [-0.05, 0) is 38.0 Å². The Hall–Kier alpha value is -3.14. The lowest BCUT2D eigenvalue weighted by Crippen LogP contribution is -2.25. The Morgan fingerprint density at radius 2 is 1.97 bits per heavy atom. The van der Waals surface area contributed by atoms with Gasteiger partial charge in [0, 0.05) is 30.2 Å². The second-order valence-electron chi connectivity index (χ2n) is 7.97. The van der Waals surface area contributed by atoms with E-state index in [1.807, 2.05) is 31.2 Å². The molecule has 4 rings (SSSR count). The maximum atomic E-state index is 12.7. The van der Waals surface area contributed by atoms with E-state index in [9.17, 15) is 4.79 Å². The van der Waals surface area contributed by atoms with Crippen molar-refractivity contribution in [3.8, 4) is 5.75 Å². The second kappa shape index (κ2) is 11.1. The van der Waals surface area contributed by atoms with Crippen LogP contribution in [0, 0.1) is 0 Å². The van der Waals surface area contributed by atoms with Crippen molar-refractivity contribution in [2.45, 2.75) is 62.0 Å². The minimum atomic E-state index is -0.375. The number of nitrogens with zero attached hydrogens (tertiary/aromatic N) is 5. The number of anilines is 2. The Balaban J connectivity index is 1.49. The zero-order chi connectivity index (χ0) is 23.0. The van der Waals surface area contributed by atoms with Crippen LogP contribution in [0.15, 0.2) is 47.9 Å². The van der Waals surface area contributed by atoms with Gasteiger partial charge in [0.1, 0.15) is 5.75 Å². The van der Waals surface area contributed by atoms with Gasteiger partial charge in [-0.25, -0.2) is 9.97 Å². The predicted octanol–water partition coefficient (Wildman–Crippen LogP) is 4.31. The lowest BCUT2D eigenvalue weighted by atomic mass is 9.95. The van der Waals surface area contributed by atoms with Crippen LogP contribution in [-0.2, 0) is 11.3 Å². The van der Waals surface area contributed by atoms with Crippen LogP contribution in [0.1, 0.15) is 50.9 Å². The molecule has 1 unspecified atom stereocenters. The lowest BCUT2D eigenvalue weighted by Gasteiger charge is -2.26. The number of amides is 1. The SMILES string of the molecule is COc1cccc(NCc2nnc(SC(C)C(=O)Nc3ncccn3)n2C2CCCCC2)c1. The first-order chi connectivity index (χ1) is 16.1. The van der Waals surface area contributed by atoms with Crippen LogP contribution < -0.4 is 15.4 Å². The first-order valence-electron chi connectivity index (χ1n) is 11.2. The number of carbonyl (C=O) groups is 1. The number of carbonyl (C=O) groups excluding carboxylic acids is 1. The van der Waals surface area contributed by atoms with Gasteiger partial charge in [-0.2, -0.15) is 0 Å². The quantitative estimate of drug-likeness (QED) is 0.448. The van der Waals surface area contributed by atoms with Crippen LogP contribution in [0.2, 0.25) is 0 Å². The third-order valence-electron chi connectivity index (χ3n) is 5.65. The van der Waals surface area contributed by atoms with E-state index in [1.165, 1.54) is 31.0 Å². The van der Waals surface area contributed by atoms with Crippen LogP contribution in [0.4, 0.5) is 11.6 Å². The summed E-state index contributed by atoms with van der Waals surface area (Å²) < 4.78 is 7.54. The molecule has 1 aromatic carbocycles. The molecular weight excluding hydrogens is 438 g/mol. The van der Waals surface area contributed by atoms with Crippen molar-refractivity contribution in [2.75, 3.05) is 17.7 Å². The van der Waals surface area contributed by atoms with Crippen molar-refractivity contribution in [2.24, 2.45) is 0 Å². The van der Waals surface area contributed by atoms with Gasteiger partial charge in [0.2, 0.25) is 11.9 Å². The smallest absolute Gasteiger partial charge is 0.240 e. The number of hydrogen-bond donors (Lipinski definition) is 2. The maximum Gasteiger partial charge on any atom is 0.240 e. The van der Waals surface area contributed by atoms with E-state index in [0.717, 1.165) is 35.3 Å². The summed E-state index contributed by atoms with van der Waals surface area (Å²) >= 11 is 1.41. The Bertz CT molecular complexity index is 1050. The van der Waals surface area contributed by atoms with Crippen molar-refractivity contribution < 1.29 is 9.53 Å². The van der Waals surface area contributed by atoms with E-state index in [1.54, 1.807) is 25.6 Å². The molecule has 10 heteroatoms. The Morgan fingerprint density at radius 1 is 1.18 bits per heavy atom. The minimum Gasteiger partial charge on any atom is -0.497 e. The van der Waals surface area contributed by atoms with E-state index < -0.39 is 0 Å². The first kappa shape index (κ1) is 23.0. The fourth-order valence-electron chi connectivity index (χ4n) is 3.92. The van der Waals surface area contributed by atoms with E-state index in [-0.39, 0.29) is 11.2 Å². The molecule has 1 saturated carbocycles. The van der Waals surface area contributed by atoms with Gasteiger partial charge in [0.05, 0.1) is 18.9 Å². The molecule has 1 fully saturated rings. The standard InChI is InChI=1S/C23H29N7O2S/c1-16(21(31)27-22-24-12-7-13-25-22)33-23-29-28-20(30(23)18-9-4-3-5-10-18)15-26-17-8-6-11-19(14-17)32-2/h6-8,11-14,16,18,26H,3-5,9-10,15H2,1-2H3,(H,24,25,27,31). The fourth-order valence-corrected chi connectivity index (χ4v) is 4.85. The molecule has 2 aromatic heterocycles. The summed E-state index contributed by atoms with van der Waals surface area (Å²) in [6, 6.07) is 9.86. The molecule has 0 aliphatic heterocycles. The topological polar surface area (TPSA) is 107 Å². The van der Waals surface area contributed by atoms with Crippen LogP contribution in [0.25, 0.3) is 0 Å². The molecule has 33 heavy (non-hydrogen) atoms. The number of hydrogen-bond acceptors (Lipinski definition) is 8. The highest BCUT2D eigenvalue weighted by Gasteiger charge is 2.26. The minimum absolute atomic E-state index is 0.166. The number of rotatable bonds is 9. The zero-order valence-electron chi connectivity index (χ0n) is 18.9. The van der Waals surface area contributed by atoms with Crippen LogP contribution in [0.5, 0.6) is 5.75 Å². The molecule has 0 spiro atoms. The van der Waals surface area contributed by atoms with E-state index in [2.05, 4.69) is 35.4 Å². The van der Waals surface area contributed by atoms with E-state index in [4.69, 9.17) is 4.74 Å². The number of aromatic nitrogens is 5. The molecule has 174 valence electrons. The van der Waals surface area contributed by atoms with Gasteiger partial charge in [0.15, 0.2) is 11.0 Å². The number of thioether (sulfide) groups is 1. The summed E-state index contributed by atoms with van der Waals surface area (Å²) in [6.45, 7) is 2.40. The summed E-state index contributed by atoms with van der Waals surface area (Å²) in [5, 5.41) is 15.5. The molecule has 2 N–H and O–H groups in total. The van der Waals surface area contributed by atoms with Gasteiger partial charge in [0.25, 0.3) is 0 Å². The molecule has 1 aliphatic rings. The monoisotopic (exact) mass is 467 g/mol. The Kier molecular flexibility index (Phi) is 7.77. The van der Waals surface area contributed by atoms with Crippen molar-refractivity contribution >= 4 is 29.3 Å². The number of ether oxygens (including phenoxy) is 1. The van der Waals surface area contributed by atoms with E-state index in [0.29, 0.717) is 18.5 Å². The summed E-state index contributed by atoms with van der Waals surface area (Å²) in [5.41, 5.74) is 0.956. The van der Waals surface area contributed by atoms with Gasteiger partial charge in [-0.3, -0.25) is 10.1 Å². The molecule has 0 saturated heterocycles. The predicted molar refractivity (Wildman–Crippen MR) is 128 cm³/mol. The Labute approximate surface area is 197 Å². The average Bonchev–Trinajstić information content (AvgIpc) is 3.26. The first-order valence-corrected chi connectivity index (χ1v) is 12.1. The summed E-state index contributed by atoms with van der Waals surface area (Å²) in [7, 11) is 1.66. The van der Waals surface area contributed by atoms with Crippen molar-refractivity contribution in [3.63, 3.8) is 0 Å². The average molecular weight is 468 g/mol. The van der Waals surface area contributed by atoms with Gasteiger partial charge in [-0.1, -0.05) is 37.1 Å². The zero-order valence-corrected chi connectivity index (χ0v) is 19.7. The molecule has 9 nitrogen and oxygen atoms in total. The normalized spacial score (nSPS) is 15.1. The number of nitrogens with one attached hydrogen (secondary N) is 2. The molecular formula is C23H29N7O2S. The van der Waals surface area contributed by atoms with Gasteiger partial charge in [-0.15, -0.1) is 10.2 Å². The van der Waals surface area contributed by atoms with Crippen molar-refractivity contribution in [1.82, 2.24) is 24.7 Å². The lowest BCUT2D eigenvalue weighted by molar-refractivity contribution is -0.115. The van der Waals surface area contributed by atoms with Crippen molar-refractivity contribution in [3.05, 3.63) is 48.5 Å². The number of benzene rings is 1. The molecule has 2 heterocycles. The molecule has 1 aliphatic carbocycles. The Morgan fingerprint density at radius 3 is 2.73 bits per heavy atom. The number of methoxy groups -OCH3 is 1. The summed E-state index contributed by atoms with van der Waals surface area (Å²) in [6.07, 6.45) is 9.03. The molecule has 3 aromatic rings. The highest BCUT2D eigenvalue weighted by Crippen LogP contribution is 2.34. The second-order valence-corrected chi connectivity index (χ2v) is 9.28. The van der Waals surface area contributed by atoms with Gasteiger partial charge < -0.3 is 14.6 Å². The molecule has 0 radical (unpaired) electrons. The van der Waals surface area contributed by atoms with Crippen LogP contribution in [-0.4, -0.2) is 43.0 Å². The van der Waals surface area contributed by atoms with Gasteiger partial charge >= 0.3 is 0 Å². The highest BCUT2D eigenvalue weighted by atomic mass is 32.2. The summed E-state index contributed by atoms with van der Waals surface area (Å²) in [5.74, 6) is 1.80. The van der Waals surface area contributed by atoms with Crippen molar-refractivity contribution in [1.29, 1.82) is 0 Å². The molecule has 0 bridgehead atoms. The highest BCUT2D eigenvalue weighted by molar-refractivity contribution is 8.00. The van der Waals surface area contributed by atoms with E-state index >= 15 is 0 Å². The largest absolute Gasteiger partial charge is 0.497 e. The molecule has 1 atom stereocenters. The maximum absolute atomic E-state index is 12.7. The third kappa shape index (κ3) is 6.01. The summed E-state index contributed by atoms with van der Waals surface area (Å²) in [4.78, 5) is 20.8. The van der Waals surface area contributed by atoms with Crippen LogP contribution >= 0.6 is 11.8 Å². The van der Waals surface area contributed by atoms with Crippen LogP contribution in [0.3, 0.4) is 0 Å². The third-order valence-corrected chi connectivity index (χ3v) is 6.70.